The molecule has 1 fully saturated rings. The third-order valence-electron chi connectivity index (χ3n) is 5.03. The lowest BCUT2D eigenvalue weighted by Crippen LogP contribution is -2.40. The van der Waals surface area contributed by atoms with E-state index in [1.54, 1.807) is 18.7 Å². The van der Waals surface area contributed by atoms with Gasteiger partial charge in [0.1, 0.15) is 0 Å². The first-order valence-corrected chi connectivity index (χ1v) is 11.1. The molecule has 1 aromatic heterocycles. The molecule has 0 aliphatic carbocycles. The van der Waals surface area contributed by atoms with Crippen LogP contribution >= 0.6 is 0 Å². The summed E-state index contributed by atoms with van der Waals surface area (Å²) in [5.74, 6) is -0.0889. The highest BCUT2D eigenvalue weighted by molar-refractivity contribution is 7.89. The number of sulfonamides is 1. The number of likely N-dealkylation sites (tertiary alicyclic amines) is 1. The minimum absolute atomic E-state index is 0.0436. The maximum atomic E-state index is 12.9. The van der Waals surface area contributed by atoms with Gasteiger partial charge in [0.15, 0.2) is 0 Å². The van der Waals surface area contributed by atoms with Crippen LogP contribution in [-0.4, -0.2) is 47.5 Å². The molecule has 0 radical (unpaired) electrons. The van der Waals surface area contributed by atoms with Crippen molar-refractivity contribution < 1.29 is 13.2 Å². The van der Waals surface area contributed by atoms with Gasteiger partial charge in [0.2, 0.25) is 15.9 Å². The molecule has 29 heavy (non-hydrogen) atoms. The van der Waals surface area contributed by atoms with Crippen LogP contribution in [0.4, 0.5) is 0 Å². The molecule has 2 heterocycles. The van der Waals surface area contributed by atoms with Crippen LogP contribution in [0.5, 0.6) is 0 Å². The lowest BCUT2D eigenvalue weighted by atomic mass is 10.2. The van der Waals surface area contributed by atoms with E-state index in [0.29, 0.717) is 18.6 Å². The molecule has 158 valence electrons. The highest BCUT2D eigenvalue weighted by atomic mass is 32.2. The standard InChI is InChI=1S/C19H26N4O5S/c1-13(2)20-29(27,28)14-6-7-16-15(12-14)18(25)23(19(26)21(16)3)11-8-17(24)22-9-4-5-10-22/h6-7,12-13,20H,4-5,8-11H2,1-3H3. The number of aryl methyl sites for hydroxylation is 1. The second-order valence-electron chi connectivity index (χ2n) is 7.59. The summed E-state index contributed by atoms with van der Waals surface area (Å²) in [4.78, 5) is 39.6. The summed E-state index contributed by atoms with van der Waals surface area (Å²) < 4.78 is 29.7. The van der Waals surface area contributed by atoms with Gasteiger partial charge in [-0.2, -0.15) is 0 Å². The lowest BCUT2D eigenvalue weighted by molar-refractivity contribution is -0.130. The maximum Gasteiger partial charge on any atom is 0.331 e. The largest absolute Gasteiger partial charge is 0.343 e. The van der Waals surface area contributed by atoms with E-state index in [4.69, 9.17) is 0 Å². The molecule has 0 unspecified atom stereocenters. The molecule has 2 aromatic rings. The Hall–Kier alpha value is -2.46. The van der Waals surface area contributed by atoms with Crippen LogP contribution in [0.15, 0.2) is 32.7 Å². The molecule has 0 saturated carbocycles. The molecular formula is C19H26N4O5S. The lowest BCUT2D eigenvalue weighted by Gasteiger charge is -2.16. The van der Waals surface area contributed by atoms with Crippen LogP contribution in [-0.2, 0) is 28.4 Å². The predicted molar refractivity (Wildman–Crippen MR) is 109 cm³/mol. The molecule has 9 nitrogen and oxygen atoms in total. The minimum Gasteiger partial charge on any atom is -0.343 e. The molecule has 0 atom stereocenters. The number of nitrogens with zero attached hydrogens (tertiary/aromatic N) is 3. The SMILES string of the molecule is CC(C)NS(=O)(=O)c1ccc2c(c1)c(=O)n(CCC(=O)N1CCCC1)c(=O)n2C. The molecule has 1 aliphatic heterocycles. The fourth-order valence-corrected chi connectivity index (χ4v) is 4.85. The Kier molecular flexibility index (Phi) is 5.95. The van der Waals surface area contributed by atoms with Gasteiger partial charge in [-0.1, -0.05) is 0 Å². The van der Waals surface area contributed by atoms with Gasteiger partial charge in [0, 0.05) is 39.1 Å². The van der Waals surface area contributed by atoms with Crippen molar-refractivity contribution in [3.8, 4) is 0 Å². The first kappa shape index (κ1) is 21.3. The molecule has 0 bridgehead atoms. The highest BCUT2D eigenvalue weighted by Crippen LogP contribution is 2.16. The third-order valence-corrected chi connectivity index (χ3v) is 6.69. The molecule has 1 amide bonds. The average molecular weight is 423 g/mol. The summed E-state index contributed by atoms with van der Waals surface area (Å²) in [5.41, 5.74) is -0.794. The smallest absolute Gasteiger partial charge is 0.331 e. The van der Waals surface area contributed by atoms with Gasteiger partial charge in [-0.05, 0) is 44.9 Å². The molecular weight excluding hydrogens is 396 g/mol. The highest BCUT2D eigenvalue weighted by Gasteiger charge is 2.21. The van der Waals surface area contributed by atoms with E-state index in [2.05, 4.69) is 4.72 Å². The molecule has 3 rings (SSSR count). The normalized spacial score (nSPS) is 14.8. The summed E-state index contributed by atoms with van der Waals surface area (Å²) >= 11 is 0. The number of hydrogen-bond donors (Lipinski definition) is 1. The van der Waals surface area contributed by atoms with Crippen LogP contribution in [0.1, 0.15) is 33.1 Å². The second kappa shape index (κ2) is 8.11. The van der Waals surface area contributed by atoms with E-state index in [0.717, 1.165) is 17.4 Å². The second-order valence-corrected chi connectivity index (χ2v) is 9.31. The molecule has 1 N–H and O–H groups in total. The van der Waals surface area contributed by atoms with E-state index in [1.165, 1.54) is 29.8 Å². The van der Waals surface area contributed by atoms with E-state index in [9.17, 15) is 22.8 Å². The van der Waals surface area contributed by atoms with Gasteiger partial charge in [0.25, 0.3) is 5.56 Å². The van der Waals surface area contributed by atoms with Gasteiger partial charge >= 0.3 is 5.69 Å². The zero-order valence-electron chi connectivity index (χ0n) is 16.8. The Morgan fingerprint density at radius 1 is 1.17 bits per heavy atom. The topological polar surface area (TPSA) is 110 Å². The van der Waals surface area contributed by atoms with Crippen molar-refractivity contribution in [2.45, 2.75) is 50.6 Å². The summed E-state index contributed by atoms with van der Waals surface area (Å²) in [6.45, 7) is 4.76. The Morgan fingerprint density at radius 3 is 2.45 bits per heavy atom. The quantitative estimate of drug-likeness (QED) is 0.725. The van der Waals surface area contributed by atoms with Crippen LogP contribution in [0.3, 0.4) is 0 Å². The molecule has 10 heteroatoms. The molecule has 1 saturated heterocycles. The van der Waals surface area contributed by atoms with Gasteiger partial charge in [-0.25, -0.2) is 17.9 Å². The maximum absolute atomic E-state index is 12.9. The van der Waals surface area contributed by atoms with Crippen molar-refractivity contribution in [3.05, 3.63) is 39.0 Å². The zero-order valence-corrected chi connectivity index (χ0v) is 17.7. The first-order chi connectivity index (χ1) is 13.6. The summed E-state index contributed by atoms with van der Waals surface area (Å²) in [6, 6.07) is 3.80. The van der Waals surface area contributed by atoms with Crippen molar-refractivity contribution in [3.63, 3.8) is 0 Å². The van der Waals surface area contributed by atoms with Crippen molar-refractivity contribution in [2.75, 3.05) is 13.1 Å². The fourth-order valence-electron chi connectivity index (χ4n) is 3.57. The molecule has 1 aromatic carbocycles. The summed E-state index contributed by atoms with van der Waals surface area (Å²) in [7, 11) is -2.27. The number of carbonyl (C=O) groups is 1. The molecule has 0 spiro atoms. The monoisotopic (exact) mass is 422 g/mol. The van der Waals surface area contributed by atoms with Crippen molar-refractivity contribution >= 4 is 26.8 Å². The average Bonchev–Trinajstić information content (AvgIpc) is 3.19. The number of carbonyl (C=O) groups excluding carboxylic acids is 1. The number of benzene rings is 1. The number of aromatic nitrogens is 2. The number of nitrogens with one attached hydrogen (secondary N) is 1. The van der Waals surface area contributed by atoms with E-state index in [1.807, 2.05) is 0 Å². The number of rotatable bonds is 6. The Balaban J connectivity index is 2.01. The Bertz CT molecular complexity index is 1160. The zero-order chi connectivity index (χ0) is 21.3. The Labute approximate surface area is 169 Å². The van der Waals surface area contributed by atoms with Gasteiger partial charge in [-0.3, -0.25) is 18.7 Å². The van der Waals surface area contributed by atoms with E-state index >= 15 is 0 Å². The van der Waals surface area contributed by atoms with Gasteiger partial charge in [0.05, 0.1) is 15.8 Å². The van der Waals surface area contributed by atoms with Gasteiger partial charge < -0.3 is 4.90 Å². The number of fused-ring (bicyclic) bond motifs is 1. The van der Waals surface area contributed by atoms with Crippen LogP contribution in [0.2, 0.25) is 0 Å². The van der Waals surface area contributed by atoms with Crippen molar-refractivity contribution in [1.29, 1.82) is 0 Å². The van der Waals surface area contributed by atoms with E-state index in [-0.39, 0.29) is 35.2 Å². The fraction of sp³-hybridized carbons (Fsp3) is 0.526. The third kappa shape index (κ3) is 4.27. The van der Waals surface area contributed by atoms with Crippen LogP contribution in [0.25, 0.3) is 10.9 Å². The predicted octanol–water partition coefficient (Wildman–Crippen LogP) is 0.399. The minimum atomic E-state index is -3.79. The van der Waals surface area contributed by atoms with Crippen LogP contribution < -0.4 is 16.0 Å². The number of amides is 1. The van der Waals surface area contributed by atoms with E-state index < -0.39 is 21.3 Å². The summed E-state index contributed by atoms with van der Waals surface area (Å²) in [6.07, 6.45) is 1.98. The van der Waals surface area contributed by atoms with Gasteiger partial charge in [-0.15, -0.1) is 0 Å². The number of hydrogen-bond acceptors (Lipinski definition) is 5. The van der Waals surface area contributed by atoms with Crippen molar-refractivity contribution in [2.24, 2.45) is 7.05 Å². The molecule has 1 aliphatic rings. The summed E-state index contributed by atoms with van der Waals surface area (Å²) in [5, 5.41) is 0.118. The van der Waals surface area contributed by atoms with Crippen molar-refractivity contribution in [1.82, 2.24) is 18.8 Å². The first-order valence-electron chi connectivity index (χ1n) is 9.65. The van der Waals surface area contributed by atoms with Crippen LogP contribution in [0, 0.1) is 0 Å². The Morgan fingerprint density at radius 2 is 1.83 bits per heavy atom.